The second-order valence-electron chi connectivity index (χ2n) is 5.99. The molecule has 0 saturated carbocycles. The van der Waals surface area contributed by atoms with E-state index in [4.69, 9.17) is 9.15 Å². The summed E-state index contributed by atoms with van der Waals surface area (Å²) in [6, 6.07) is 10.1. The molecule has 0 unspecified atom stereocenters. The summed E-state index contributed by atoms with van der Waals surface area (Å²) < 4.78 is 12.9. The SMILES string of the molecule is CCOC(=O)c1cnn2ccc(NC(=O)Cn3c(=O)oc4ccccc43)cc12. The van der Waals surface area contributed by atoms with Crippen molar-refractivity contribution in [1.82, 2.24) is 14.2 Å². The van der Waals surface area contributed by atoms with Gasteiger partial charge in [0.1, 0.15) is 12.1 Å². The molecule has 3 heterocycles. The number of rotatable bonds is 5. The Morgan fingerprint density at radius 2 is 2.04 bits per heavy atom. The number of oxazole rings is 1. The number of nitrogens with zero attached hydrogens (tertiary/aromatic N) is 3. The smallest absolute Gasteiger partial charge is 0.420 e. The highest BCUT2D eigenvalue weighted by molar-refractivity contribution is 5.98. The number of carbonyl (C=O) groups is 2. The van der Waals surface area contributed by atoms with Crippen molar-refractivity contribution >= 4 is 34.2 Å². The van der Waals surface area contributed by atoms with Gasteiger partial charge in [-0.2, -0.15) is 5.10 Å². The van der Waals surface area contributed by atoms with Gasteiger partial charge in [-0.15, -0.1) is 0 Å². The van der Waals surface area contributed by atoms with E-state index < -0.39 is 17.6 Å². The molecule has 1 N–H and O–H groups in total. The Labute approximate surface area is 158 Å². The molecule has 0 atom stereocenters. The number of aromatic nitrogens is 3. The fourth-order valence-corrected chi connectivity index (χ4v) is 2.93. The Balaban J connectivity index is 1.58. The van der Waals surface area contributed by atoms with Gasteiger partial charge in [0.05, 0.1) is 23.8 Å². The van der Waals surface area contributed by atoms with E-state index in [0.717, 1.165) is 0 Å². The Morgan fingerprint density at radius 1 is 1.21 bits per heavy atom. The molecule has 0 aliphatic carbocycles. The summed E-state index contributed by atoms with van der Waals surface area (Å²) in [6.07, 6.45) is 3.03. The van der Waals surface area contributed by atoms with Gasteiger partial charge in [-0.05, 0) is 31.2 Å². The van der Waals surface area contributed by atoms with Gasteiger partial charge in [-0.3, -0.25) is 9.36 Å². The topological polar surface area (TPSA) is 108 Å². The molecule has 0 radical (unpaired) electrons. The van der Waals surface area contributed by atoms with Crippen LogP contribution in [-0.4, -0.2) is 32.7 Å². The third-order valence-corrected chi connectivity index (χ3v) is 4.18. The molecule has 1 amide bonds. The van der Waals surface area contributed by atoms with Gasteiger partial charge in [-0.25, -0.2) is 14.1 Å². The van der Waals surface area contributed by atoms with E-state index in [2.05, 4.69) is 10.4 Å². The lowest BCUT2D eigenvalue weighted by molar-refractivity contribution is -0.116. The first-order chi connectivity index (χ1) is 13.6. The van der Waals surface area contributed by atoms with Crippen molar-refractivity contribution in [3.63, 3.8) is 0 Å². The molecule has 4 aromatic rings. The Bertz CT molecular complexity index is 1250. The number of esters is 1. The van der Waals surface area contributed by atoms with Crippen LogP contribution in [0, 0.1) is 0 Å². The molecule has 0 bridgehead atoms. The van der Waals surface area contributed by atoms with Gasteiger partial charge in [-0.1, -0.05) is 12.1 Å². The third-order valence-electron chi connectivity index (χ3n) is 4.18. The molecule has 28 heavy (non-hydrogen) atoms. The highest BCUT2D eigenvalue weighted by Gasteiger charge is 2.16. The van der Waals surface area contributed by atoms with Crippen LogP contribution in [0.2, 0.25) is 0 Å². The minimum atomic E-state index is -0.604. The molecule has 9 heteroatoms. The van der Waals surface area contributed by atoms with E-state index in [1.54, 1.807) is 49.5 Å². The van der Waals surface area contributed by atoms with Crippen molar-refractivity contribution in [2.75, 3.05) is 11.9 Å². The zero-order valence-corrected chi connectivity index (χ0v) is 14.9. The van der Waals surface area contributed by atoms with Crippen LogP contribution in [0.4, 0.5) is 5.69 Å². The van der Waals surface area contributed by atoms with E-state index in [9.17, 15) is 14.4 Å². The van der Waals surface area contributed by atoms with E-state index in [1.807, 2.05) is 0 Å². The van der Waals surface area contributed by atoms with Gasteiger partial charge in [0, 0.05) is 11.9 Å². The van der Waals surface area contributed by atoms with Gasteiger partial charge in [0.25, 0.3) is 0 Å². The minimum Gasteiger partial charge on any atom is -0.462 e. The van der Waals surface area contributed by atoms with Crippen LogP contribution in [0.15, 0.2) is 58.0 Å². The summed E-state index contributed by atoms with van der Waals surface area (Å²) >= 11 is 0. The number of hydrogen-bond donors (Lipinski definition) is 1. The van der Waals surface area contributed by atoms with Crippen LogP contribution in [0.5, 0.6) is 0 Å². The van der Waals surface area contributed by atoms with Crippen molar-refractivity contribution < 1.29 is 18.7 Å². The maximum absolute atomic E-state index is 12.4. The predicted molar refractivity (Wildman–Crippen MR) is 100 cm³/mol. The molecule has 0 saturated heterocycles. The average molecular weight is 380 g/mol. The Kier molecular flexibility index (Phi) is 4.40. The number of fused-ring (bicyclic) bond motifs is 2. The summed E-state index contributed by atoms with van der Waals surface area (Å²) in [4.78, 5) is 36.5. The second kappa shape index (κ2) is 7.03. The Hall–Kier alpha value is -3.88. The summed E-state index contributed by atoms with van der Waals surface area (Å²) in [7, 11) is 0. The summed E-state index contributed by atoms with van der Waals surface area (Å²) in [5, 5.41) is 6.81. The highest BCUT2D eigenvalue weighted by Crippen LogP contribution is 2.17. The number of anilines is 1. The maximum atomic E-state index is 12.4. The number of benzene rings is 1. The molecule has 1 aromatic carbocycles. The zero-order chi connectivity index (χ0) is 19.7. The van der Waals surface area contributed by atoms with Crippen LogP contribution in [0.25, 0.3) is 16.6 Å². The lowest BCUT2D eigenvalue weighted by Gasteiger charge is -2.07. The molecule has 3 aromatic heterocycles. The van der Waals surface area contributed by atoms with Crippen LogP contribution < -0.4 is 11.1 Å². The van der Waals surface area contributed by atoms with Crippen molar-refractivity contribution in [1.29, 1.82) is 0 Å². The lowest BCUT2D eigenvalue weighted by atomic mass is 10.2. The van der Waals surface area contributed by atoms with Crippen LogP contribution in [0.3, 0.4) is 0 Å². The lowest BCUT2D eigenvalue weighted by Crippen LogP contribution is -2.24. The molecule has 0 fully saturated rings. The number of amides is 1. The van der Waals surface area contributed by atoms with Crippen molar-refractivity contribution in [2.45, 2.75) is 13.5 Å². The molecule has 4 rings (SSSR count). The van der Waals surface area contributed by atoms with Gasteiger partial charge in [0.15, 0.2) is 5.58 Å². The van der Waals surface area contributed by atoms with E-state index in [-0.39, 0.29) is 13.2 Å². The van der Waals surface area contributed by atoms with Gasteiger partial charge >= 0.3 is 11.7 Å². The molecule has 0 aliphatic heterocycles. The molecule has 9 nitrogen and oxygen atoms in total. The first-order valence-electron chi connectivity index (χ1n) is 8.59. The molecule has 142 valence electrons. The molecule has 0 aliphatic rings. The fraction of sp³-hybridized carbons (Fsp3) is 0.158. The first-order valence-corrected chi connectivity index (χ1v) is 8.59. The summed E-state index contributed by atoms with van der Waals surface area (Å²) in [5.41, 5.74) is 2.22. The van der Waals surface area contributed by atoms with Crippen molar-refractivity contribution in [3.8, 4) is 0 Å². The van der Waals surface area contributed by atoms with Crippen LogP contribution in [0.1, 0.15) is 17.3 Å². The summed E-state index contributed by atoms with van der Waals surface area (Å²) in [6.45, 7) is 1.77. The average Bonchev–Trinajstić information content (AvgIpc) is 3.23. The Morgan fingerprint density at radius 3 is 2.86 bits per heavy atom. The van der Waals surface area contributed by atoms with E-state index in [1.165, 1.54) is 15.3 Å². The largest absolute Gasteiger partial charge is 0.462 e. The monoisotopic (exact) mass is 380 g/mol. The zero-order valence-electron chi connectivity index (χ0n) is 14.9. The highest BCUT2D eigenvalue weighted by atomic mass is 16.5. The number of nitrogens with one attached hydrogen (secondary N) is 1. The number of para-hydroxylation sites is 2. The number of carbonyl (C=O) groups excluding carboxylic acids is 2. The second-order valence-corrected chi connectivity index (χ2v) is 5.99. The van der Waals surface area contributed by atoms with E-state index >= 15 is 0 Å². The summed E-state index contributed by atoms with van der Waals surface area (Å²) in [5.74, 6) is -1.50. The quantitative estimate of drug-likeness (QED) is 0.531. The molecular weight excluding hydrogens is 364 g/mol. The van der Waals surface area contributed by atoms with Crippen molar-refractivity contribution in [3.05, 3.63) is 64.9 Å². The van der Waals surface area contributed by atoms with Gasteiger partial charge < -0.3 is 14.5 Å². The normalized spacial score (nSPS) is 11.0. The number of pyridine rings is 1. The molecular formula is C19H16N4O5. The number of ether oxygens (including phenoxy) is 1. The van der Waals surface area contributed by atoms with Crippen LogP contribution in [-0.2, 0) is 16.1 Å². The fourth-order valence-electron chi connectivity index (χ4n) is 2.93. The first kappa shape index (κ1) is 17.5. The third kappa shape index (κ3) is 3.13. The number of hydrogen-bond acceptors (Lipinski definition) is 6. The van der Waals surface area contributed by atoms with E-state index in [0.29, 0.717) is 27.9 Å². The predicted octanol–water partition coefficient (Wildman–Crippen LogP) is 2.06. The molecule has 0 spiro atoms. The van der Waals surface area contributed by atoms with Crippen LogP contribution >= 0.6 is 0 Å². The maximum Gasteiger partial charge on any atom is 0.420 e. The van der Waals surface area contributed by atoms with Crippen molar-refractivity contribution in [2.24, 2.45) is 0 Å². The minimum absolute atomic E-state index is 0.203. The van der Waals surface area contributed by atoms with Gasteiger partial charge in [0.2, 0.25) is 5.91 Å². The standard InChI is InChI=1S/C19H16N4O5/c1-2-27-18(25)13-10-20-23-8-7-12(9-15(13)23)21-17(24)11-22-14-5-3-4-6-16(14)28-19(22)26/h3-10H,2,11H2,1H3,(H,21,24).